The van der Waals surface area contributed by atoms with Gasteiger partial charge >= 0.3 is 0 Å². The lowest BCUT2D eigenvalue weighted by molar-refractivity contribution is 0.100. The molecule has 1 saturated carbocycles. The Kier molecular flexibility index (Phi) is 4.21. The number of nitrogens with zero attached hydrogens (tertiary/aromatic N) is 2. The molecule has 1 aromatic rings. The van der Waals surface area contributed by atoms with Crippen LogP contribution in [0.1, 0.15) is 51.6 Å². The average molecular weight is 235 g/mol. The largest absolute Gasteiger partial charge is 0.337 e. The fourth-order valence-electron chi connectivity index (χ4n) is 2.66. The summed E-state index contributed by atoms with van der Waals surface area (Å²) < 4.78 is 2.28. The maximum atomic E-state index is 4.47. The fourth-order valence-corrected chi connectivity index (χ4v) is 2.66. The maximum Gasteiger partial charge on any atom is 0.0950 e. The molecule has 0 bridgehead atoms. The third-order valence-electron chi connectivity index (χ3n) is 4.10. The van der Waals surface area contributed by atoms with Crippen LogP contribution in [0.15, 0.2) is 12.5 Å². The Morgan fingerprint density at radius 1 is 1.41 bits per heavy atom. The molecular formula is C14H25N3. The molecule has 0 radical (unpaired) electrons. The Bertz CT molecular complexity index is 333. The molecule has 1 fully saturated rings. The van der Waals surface area contributed by atoms with Crippen molar-refractivity contribution in [3.05, 3.63) is 18.2 Å². The van der Waals surface area contributed by atoms with Crippen LogP contribution in [-0.2, 0) is 13.1 Å². The van der Waals surface area contributed by atoms with Crippen molar-refractivity contribution in [2.45, 2.75) is 59.0 Å². The average Bonchev–Trinajstić information content (AvgIpc) is 2.72. The van der Waals surface area contributed by atoms with Gasteiger partial charge in [-0.3, -0.25) is 0 Å². The minimum absolute atomic E-state index is 0.578. The van der Waals surface area contributed by atoms with E-state index in [1.807, 2.05) is 6.33 Å². The van der Waals surface area contributed by atoms with Gasteiger partial charge in [0, 0.05) is 19.3 Å². The first kappa shape index (κ1) is 12.6. The third-order valence-corrected chi connectivity index (χ3v) is 4.10. The Morgan fingerprint density at radius 2 is 2.24 bits per heavy atom. The Hall–Kier alpha value is -0.830. The summed E-state index contributed by atoms with van der Waals surface area (Å²) in [6.07, 6.45) is 10.9. The van der Waals surface area contributed by atoms with E-state index in [9.17, 15) is 0 Å². The highest BCUT2D eigenvalue weighted by Crippen LogP contribution is 2.45. The van der Waals surface area contributed by atoms with Crippen LogP contribution < -0.4 is 5.32 Å². The monoisotopic (exact) mass is 235 g/mol. The van der Waals surface area contributed by atoms with Crippen molar-refractivity contribution in [1.29, 1.82) is 0 Å². The minimum Gasteiger partial charge on any atom is -0.337 e. The molecule has 0 spiro atoms. The number of nitrogens with one attached hydrogen (secondary N) is 1. The number of hydrogen-bond acceptors (Lipinski definition) is 2. The normalized spacial score (nSPS) is 18.0. The summed E-state index contributed by atoms with van der Waals surface area (Å²) in [5, 5.41) is 3.39. The summed E-state index contributed by atoms with van der Waals surface area (Å²) in [5.74, 6) is 0. The number of aromatic nitrogens is 2. The molecule has 0 saturated heterocycles. The van der Waals surface area contributed by atoms with E-state index in [-0.39, 0.29) is 0 Å². The van der Waals surface area contributed by atoms with Crippen LogP contribution in [0.25, 0.3) is 0 Å². The van der Waals surface area contributed by atoms with E-state index >= 15 is 0 Å². The molecule has 0 aromatic carbocycles. The molecule has 0 aliphatic heterocycles. The van der Waals surface area contributed by atoms with Gasteiger partial charge in [-0.2, -0.15) is 0 Å². The number of imidazole rings is 1. The van der Waals surface area contributed by atoms with Crippen molar-refractivity contribution >= 4 is 0 Å². The van der Waals surface area contributed by atoms with Crippen LogP contribution in [0.3, 0.4) is 0 Å². The molecule has 96 valence electrons. The quantitative estimate of drug-likeness (QED) is 0.736. The zero-order valence-electron chi connectivity index (χ0n) is 11.2. The highest BCUT2D eigenvalue weighted by molar-refractivity contribution is 4.98. The molecule has 1 aliphatic rings. The topological polar surface area (TPSA) is 29.9 Å². The van der Waals surface area contributed by atoms with Gasteiger partial charge in [-0.05, 0) is 37.6 Å². The van der Waals surface area contributed by atoms with Crippen LogP contribution in [0.2, 0.25) is 0 Å². The maximum absolute atomic E-state index is 4.47. The SMILES string of the molecule is CCCNCc1cn(CC2(CC)CCC2)cn1. The Balaban J connectivity index is 1.85. The van der Waals surface area contributed by atoms with E-state index in [1.54, 1.807) is 0 Å². The standard InChI is InChI=1S/C14H25N3/c1-3-8-15-9-13-10-17(12-16-13)11-14(4-2)6-5-7-14/h10,12,15H,3-9,11H2,1-2H3. The molecule has 17 heavy (non-hydrogen) atoms. The van der Waals surface area contributed by atoms with Gasteiger partial charge in [0.25, 0.3) is 0 Å². The Morgan fingerprint density at radius 3 is 2.82 bits per heavy atom. The first-order valence-electron chi connectivity index (χ1n) is 6.99. The lowest BCUT2D eigenvalue weighted by Gasteiger charge is -2.41. The number of hydrogen-bond donors (Lipinski definition) is 1. The lowest BCUT2D eigenvalue weighted by atomic mass is 9.67. The van der Waals surface area contributed by atoms with Crippen LogP contribution in [0.5, 0.6) is 0 Å². The molecule has 1 aliphatic carbocycles. The smallest absolute Gasteiger partial charge is 0.0950 e. The summed E-state index contributed by atoms with van der Waals surface area (Å²) >= 11 is 0. The first-order valence-corrected chi connectivity index (χ1v) is 6.99. The van der Waals surface area contributed by atoms with Gasteiger partial charge in [0.1, 0.15) is 0 Å². The second-order valence-corrected chi connectivity index (χ2v) is 5.42. The summed E-state index contributed by atoms with van der Waals surface area (Å²) in [4.78, 5) is 4.47. The van der Waals surface area contributed by atoms with Crippen molar-refractivity contribution in [3.63, 3.8) is 0 Å². The highest BCUT2D eigenvalue weighted by Gasteiger charge is 2.35. The molecule has 3 heteroatoms. The second kappa shape index (κ2) is 5.67. The zero-order chi connectivity index (χ0) is 12.1. The predicted molar refractivity (Wildman–Crippen MR) is 70.8 cm³/mol. The molecule has 1 heterocycles. The Labute approximate surface area is 105 Å². The van der Waals surface area contributed by atoms with Crippen LogP contribution >= 0.6 is 0 Å². The van der Waals surface area contributed by atoms with Crippen LogP contribution in [0, 0.1) is 5.41 Å². The molecule has 1 N–H and O–H groups in total. The summed E-state index contributed by atoms with van der Waals surface area (Å²) in [5.41, 5.74) is 1.75. The van der Waals surface area contributed by atoms with Gasteiger partial charge in [-0.15, -0.1) is 0 Å². The summed E-state index contributed by atoms with van der Waals surface area (Å²) in [7, 11) is 0. The van der Waals surface area contributed by atoms with Crippen LogP contribution in [0.4, 0.5) is 0 Å². The lowest BCUT2D eigenvalue weighted by Crippen LogP contribution is -2.33. The van der Waals surface area contributed by atoms with E-state index in [0.717, 1.165) is 19.6 Å². The predicted octanol–water partition coefficient (Wildman–Crippen LogP) is 2.96. The van der Waals surface area contributed by atoms with E-state index in [0.29, 0.717) is 5.41 Å². The third kappa shape index (κ3) is 3.09. The summed E-state index contributed by atoms with van der Waals surface area (Å²) in [6.45, 7) is 7.64. The molecule has 2 rings (SSSR count). The van der Waals surface area contributed by atoms with Gasteiger partial charge in [-0.1, -0.05) is 20.3 Å². The molecule has 3 nitrogen and oxygen atoms in total. The second-order valence-electron chi connectivity index (χ2n) is 5.42. The molecule has 0 atom stereocenters. The number of rotatable bonds is 7. The fraction of sp³-hybridized carbons (Fsp3) is 0.786. The van der Waals surface area contributed by atoms with Crippen LogP contribution in [-0.4, -0.2) is 16.1 Å². The van der Waals surface area contributed by atoms with Gasteiger partial charge in [0.15, 0.2) is 0 Å². The molecule has 0 amide bonds. The van der Waals surface area contributed by atoms with Crippen molar-refractivity contribution in [2.24, 2.45) is 5.41 Å². The zero-order valence-corrected chi connectivity index (χ0v) is 11.2. The van der Waals surface area contributed by atoms with E-state index in [2.05, 4.69) is 34.9 Å². The molecular weight excluding hydrogens is 210 g/mol. The van der Waals surface area contributed by atoms with E-state index < -0.39 is 0 Å². The summed E-state index contributed by atoms with van der Waals surface area (Å²) in [6, 6.07) is 0. The molecule has 1 aromatic heterocycles. The van der Waals surface area contributed by atoms with E-state index in [4.69, 9.17) is 0 Å². The van der Waals surface area contributed by atoms with Crippen molar-refractivity contribution in [3.8, 4) is 0 Å². The van der Waals surface area contributed by atoms with E-state index in [1.165, 1.54) is 37.8 Å². The van der Waals surface area contributed by atoms with Gasteiger partial charge in [-0.25, -0.2) is 4.98 Å². The van der Waals surface area contributed by atoms with Crippen molar-refractivity contribution in [1.82, 2.24) is 14.9 Å². The van der Waals surface area contributed by atoms with Gasteiger partial charge < -0.3 is 9.88 Å². The minimum atomic E-state index is 0.578. The van der Waals surface area contributed by atoms with Gasteiger partial charge in [0.2, 0.25) is 0 Å². The first-order chi connectivity index (χ1) is 8.28. The van der Waals surface area contributed by atoms with Gasteiger partial charge in [0.05, 0.1) is 12.0 Å². The molecule has 0 unspecified atom stereocenters. The van der Waals surface area contributed by atoms with Crippen molar-refractivity contribution < 1.29 is 0 Å². The van der Waals surface area contributed by atoms with Crippen molar-refractivity contribution in [2.75, 3.05) is 6.54 Å². The highest BCUT2D eigenvalue weighted by atomic mass is 15.1.